The van der Waals surface area contributed by atoms with Gasteiger partial charge in [0, 0.05) is 39.9 Å². The maximum Gasteiger partial charge on any atom is 0.281 e. The molecule has 1 N–H and O–H groups in total. The maximum atomic E-state index is 12.4. The highest BCUT2D eigenvalue weighted by molar-refractivity contribution is 7.86. The molecule has 0 spiro atoms. The van der Waals surface area contributed by atoms with E-state index in [1.165, 1.54) is 8.61 Å². The number of aliphatic hydroxyl groups excluding tert-OH is 1. The highest BCUT2D eigenvalue weighted by atomic mass is 32.2. The second-order valence-electron chi connectivity index (χ2n) is 5.45. The molecule has 0 saturated carbocycles. The topological polar surface area (TPSA) is 70.1 Å². The van der Waals surface area contributed by atoms with Gasteiger partial charge in [0.15, 0.2) is 0 Å². The molecule has 1 unspecified atom stereocenters. The van der Waals surface area contributed by atoms with Crippen molar-refractivity contribution in [2.24, 2.45) is 5.92 Å². The minimum atomic E-state index is -3.38. The summed E-state index contributed by atoms with van der Waals surface area (Å²) < 4.78 is 33.2. The molecule has 19 heavy (non-hydrogen) atoms. The Bertz CT molecular complexity index is 373. The Morgan fingerprint density at radius 2 is 2.00 bits per heavy atom. The van der Waals surface area contributed by atoms with Gasteiger partial charge in [-0.05, 0) is 31.6 Å². The van der Waals surface area contributed by atoms with Crippen LogP contribution >= 0.6 is 0 Å². The smallest absolute Gasteiger partial charge is 0.281 e. The first-order valence-electron chi connectivity index (χ1n) is 6.98. The number of likely N-dealkylation sites (N-methyl/N-ethyl adjacent to an activating group) is 1. The summed E-state index contributed by atoms with van der Waals surface area (Å²) >= 11 is 0. The van der Waals surface area contributed by atoms with Gasteiger partial charge in [-0.1, -0.05) is 0 Å². The van der Waals surface area contributed by atoms with Crippen LogP contribution in [0, 0.1) is 5.92 Å². The third-order valence-corrected chi connectivity index (χ3v) is 5.99. The molecule has 7 heteroatoms. The standard InChI is InChI=1S/C12H24N2O4S/c1-13(9-12-3-2-8-18-12)19(16,17)14-6-4-11(10-15)5-7-14/h11-12,15H,2-10H2,1H3. The van der Waals surface area contributed by atoms with E-state index in [9.17, 15) is 8.42 Å². The summed E-state index contributed by atoms with van der Waals surface area (Å²) in [7, 11) is -1.76. The summed E-state index contributed by atoms with van der Waals surface area (Å²) in [6.45, 7) is 2.33. The molecule has 112 valence electrons. The fourth-order valence-electron chi connectivity index (χ4n) is 2.69. The normalized spacial score (nSPS) is 27.2. The van der Waals surface area contributed by atoms with Crippen LogP contribution < -0.4 is 0 Å². The first-order chi connectivity index (χ1) is 9.04. The molecule has 2 saturated heterocycles. The summed E-state index contributed by atoms with van der Waals surface area (Å²) in [4.78, 5) is 0. The number of aliphatic hydroxyl groups is 1. The molecular formula is C12H24N2O4S. The van der Waals surface area contributed by atoms with Gasteiger partial charge < -0.3 is 9.84 Å². The van der Waals surface area contributed by atoms with Crippen LogP contribution in [0.1, 0.15) is 25.7 Å². The van der Waals surface area contributed by atoms with E-state index in [4.69, 9.17) is 9.84 Å². The lowest BCUT2D eigenvalue weighted by Crippen LogP contribution is -2.47. The van der Waals surface area contributed by atoms with Crippen LogP contribution in [0.3, 0.4) is 0 Å². The van der Waals surface area contributed by atoms with E-state index in [0.29, 0.717) is 19.6 Å². The first kappa shape index (κ1) is 15.2. The molecule has 0 amide bonds. The summed E-state index contributed by atoms with van der Waals surface area (Å²) in [6, 6.07) is 0. The Kier molecular flexibility index (Phi) is 5.19. The summed E-state index contributed by atoms with van der Waals surface area (Å²) in [5, 5.41) is 9.08. The fourth-order valence-corrected chi connectivity index (χ4v) is 4.11. The average molecular weight is 292 g/mol. The molecule has 2 aliphatic rings. The minimum Gasteiger partial charge on any atom is -0.396 e. The number of ether oxygens (including phenoxy) is 1. The van der Waals surface area contributed by atoms with Gasteiger partial charge in [-0.2, -0.15) is 17.0 Å². The van der Waals surface area contributed by atoms with Crippen LogP contribution in [0.2, 0.25) is 0 Å². The van der Waals surface area contributed by atoms with E-state index < -0.39 is 10.2 Å². The van der Waals surface area contributed by atoms with E-state index in [2.05, 4.69) is 0 Å². The second kappa shape index (κ2) is 6.49. The summed E-state index contributed by atoms with van der Waals surface area (Å²) in [5.74, 6) is 0.245. The van der Waals surface area contributed by atoms with Gasteiger partial charge in [0.25, 0.3) is 10.2 Å². The summed E-state index contributed by atoms with van der Waals surface area (Å²) in [5.41, 5.74) is 0. The van der Waals surface area contributed by atoms with Crippen molar-refractivity contribution >= 4 is 10.2 Å². The lowest BCUT2D eigenvalue weighted by atomic mass is 10.00. The molecular weight excluding hydrogens is 268 g/mol. The molecule has 2 aliphatic heterocycles. The molecule has 6 nitrogen and oxygen atoms in total. The Labute approximate surface area is 115 Å². The van der Waals surface area contributed by atoms with Crippen molar-refractivity contribution in [3.05, 3.63) is 0 Å². The van der Waals surface area contributed by atoms with Crippen LogP contribution in [-0.2, 0) is 14.9 Å². The predicted octanol–water partition coefficient (Wildman–Crippen LogP) is 0.0463. The third-order valence-electron chi connectivity index (χ3n) is 4.04. The van der Waals surface area contributed by atoms with E-state index >= 15 is 0 Å². The third kappa shape index (κ3) is 3.66. The highest BCUT2D eigenvalue weighted by Crippen LogP contribution is 2.21. The molecule has 0 aromatic heterocycles. The number of piperidine rings is 1. The van der Waals surface area contributed by atoms with Gasteiger partial charge in [0.1, 0.15) is 0 Å². The Morgan fingerprint density at radius 3 is 2.53 bits per heavy atom. The molecule has 0 aromatic rings. The molecule has 0 aliphatic carbocycles. The van der Waals surface area contributed by atoms with Crippen molar-refractivity contribution < 1.29 is 18.3 Å². The van der Waals surface area contributed by atoms with Crippen molar-refractivity contribution in [3.8, 4) is 0 Å². The SMILES string of the molecule is CN(CC1CCCO1)S(=O)(=O)N1CCC(CO)CC1. The first-order valence-corrected chi connectivity index (χ1v) is 8.37. The number of nitrogens with zero attached hydrogens (tertiary/aromatic N) is 2. The lowest BCUT2D eigenvalue weighted by molar-refractivity contribution is 0.0955. The van der Waals surface area contributed by atoms with Crippen LogP contribution in [0.15, 0.2) is 0 Å². The van der Waals surface area contributed by atoms with Gasteiger partial charge in [-0.3, -0.25) is 0 Å². The average Bonchev–Trinajstić information content (AvgIpc) is 2.91. The zero-order valence-corrected chi connectivity index (χ0v) is 12.3. The van der Waals surface area contributed by atoms with Crippen LogP contribution in [0.4, 0.5) is 0 Å². The molecule has 2 rings (SSSR count). The number of hydrogen-bond acceptors (Lipinski definition) is 4. The van der Waals surface area contributed by atoms with E-state index in [-0.39, 0.29) is 18.6 Å². The Morgan fingerprint density at radius 1 is 1.32 bits per heavy atom. The largest absolute Gasteiger partial charge is 0.396 e. The van der Waals surface area contributed by atoms with Crippen molar-refractivity contribution in [1.29, 1.82) is 0 Å². The van der Waals surface area contributed by atoms with Gasteiger partial charge in [-0.15, -0.1) is 0 Å². The summed E-state index contributed by atoms with van der Waals surface area (Å²) in [6.07, 6.45) is 3.47. The Balaban J connectivity index is 1.89. The van der Waals surface area contributed by atoms with Gasteiger partial charge in [-0.25, -0.2) is 0 Å². The highest BCUT2D eigenvalue weighted by Gasteiger charge is 2.32. The molecule has 2 fully saturated rings. The van der Waals surface area contributed by atoms with Crippen molar-refractivity contribution in [1.82, 2.24) is 8.61 Å². The molecule has 2 heterocycles. The lowest BCUT2D eigenvalue weighted by Gasteiger charge is -2.33. The molecule has 0 radical (unpaired) electrons. The van der Waals surface area contributed by atoms with Crippen molar-refractivity contribution in [2.45, 2.75) is 31.8 Å². The maximum absolute atomic E-state index is 12.4. The van der Waals surface area contributed by atoms with Crippen molar-refractivity contribution in [2.75, 3.05) is 39.9 Å². The van der Waals surface area contributed by atoms with Gasteiger partial charge in [0.2, 0.25) is 0 Å². The predicted molar refractivity (Wildman–Crippen MR) is 71.9 cm³/mol. The second-order valence-corrected chi connectivity index (χ2v) is 7.48. The van der Waals surface area contributed by atoms with Crippen LogP contribution in [-0.4, -0.2) is 68.1 Å². The van der Waals surface area contributed by atoms with Crippen molar-refractivity contribution in [3.63, 3.8) is 0 Å². The Hall–Kier alpha value is -0.210. The fraction of sp³-hybridized carbons (Fsp3) is 1.00. The van der Waals surface area contributed by atoms with Gasteiger partial charge in [0.05, 0.1) is 6.10 Å². The van der Waals surface area contributed by atoms with E-state index in [1.807, 2.05) is 0 Å². The molecule has 0 bridgehead atoms. The minimum absolute atomic E-state index is 0.0368. The van der Waals surface area contributed by atoms with Crippen LogP contribution in [0.25, 0.3) is 0 Å². The molecule has 0 aromatic carbocycles. The quantitative estimate of drug-likeness (QED) is 0.777. The van der Waals surface area contributed by atoms with Gasteiger partial charge >= 0.3 is 0 Å². The monoisotopic (exact) mass is 292 g/mol. The number of hydrogen-bond donors (Lipinski definition) is 1. The van der Waals surface area contributed by atoms with E-state index in [0.717, 1.165) is 32.3 Å². The zero-order valence-electron chi connectivity index (χ0n) is 11.5. The van der Waals surface area contributed by atoms with E-state index in [1.54, 1.807) is 7.05 Å². The number of rotatable bonds is 5. The zero-order chi connectivity index (χ0) is 13.9. The van der Waals surface area contributed by atoms with Crippen LogP contribution in [0.5, 0.6) is 0 Å². The molecule has 1 atom stereocenters.